The van der Waals surface area contributed by atoms with Gasteiger partial charge >= 0.3 is 0 Å². The third kappa shape index (κ3) is 7.26. The molecule has 3 atom stereocenters. The van der Waals surface area contributed by atoms with Crippen LogP contribution in [0.4, 0.5) is 0 Å². The van der Waals surface area contributed by atoms with E-state index in [9.17, 15) is 13.5 Å². The van der Waals surface area contributed by atoms with Crippen molar-refractivity contribution in [3.05, 3.63) is 75.6 Å². The summed E-state index contributed by atoms with van der Waals surface area (Å²) in [6.07, 6.45) is 8.48. The van der Waals surface area contributed by atoms with Crippen LogP contribution < -0.4 is 0 Å². The van der Waals surface area contributed by atoms with Crippen LogP contribution in [-0.4, -0.2) is 33.1 Å². The van der Waals surface area contributed by atoms with Crippen molar-refractivity contribution in [1.82, 2.24) is 4.98 Å². The molecule has 4 rings (SSSR count). The lowest BCUT2D eigenvalue weighted by Gasteiger charge is -2.45. The summed E-state index contributed by atoms with van der Waals surface area (Å²) in [4.78, 5) is 5.37. The minimum Gasteiger partial charge on any atom is -0.410 e. The van der Waals surface area contributed by atoms with Gasteiger partial charge in [0.25, 0.3) is 10.1 Å². The van der Waals surface area contributed by atoms with Crippen molar-refractivity contribution in [2.24, 2.45) is 5.41 Å². The fourth-order valence-electron chi connectivity index (χ4n) is 6.10. The van der Waals surface area contributed by atoms with Gasteiger partial charge in [-0.3, -0.25) is 9.17 Å². The number of hydrogen-bond donors (Lipinski definition) is 1. The van der Waals surface area contributed by atoms with Crippen LogP contribution in [0.1, 0.15) is 131 Å². The molecule has 1 N–H and O–H groups in total. The van der Waals surface area contributed by atoms with Crippen molar-refractivity contribution in [2.75, 3.05) is 6.26 Å². The first-order valence-corrected chi connectivity index (χ1v) is 20.0. The van der Waals surface area contributed by atoms with Crippen LogP contribution in [0.15, 0.2) is 36.4 Å². The molecule has 6 nitrogen and oxygen atoms in total. The van der Waals surface area contributed by atoms with Crippen LogP contribution in [0, 0.1) is 5.41 Å². The smallest absolute Gasteiger partial charge is 0.264 e. The van der Waals surface area contributed by atoms with Crippen LogP contribution in [0.2, 0.25) is 18.1 Å². The van der Waals surface area contributed by atoms with E-state index in [1.807, 2.05) is 24.3 Å². The second-order valence-electron chi connectivity index (χ2n) is 15.0. The Morgan fingerprint density at radius 3 is 2.29 bits per heavy atom. The summed E-state index contributed by atoms with van der Waals surface area (Å²) in [6.45, 7) is 20.4. The Balaban J connectivity index is 1.91. The van der Waals surface area contributed by atoms with E-state index >= 15 is 0 Å². The van der Waals surface area contributed by atoms with E-state index in [1.165, 1.54) is 11.1 Å². The molecule has 2 unspecified atom stereocenters. The Morgan fingerprint density at radius 1 is 1.12 bits per heavy atom. The number of fused-ring (bicyclic) bond motifs is 1. The Morgan fingerprint density at radius 2 is 1.76 bits per heavy atom. The monoisotopic (exact) mass is 613 g/mol. The van der Waals surface area contributed by atoms with Gasteiger partial charge < -0.3 is 9.53 Å². The normalized spacial score (nSPS) is 21.5. The predicted octanol–water partition coefficient (Wildman–Crippen LogP) is 8.23. The highest BCUT2D eigenvalue weighted by Crippen LogP contribution is 2.52. The lowest BCUT2D eigenvalue weighted by atomic mass is 9.70. The van der Waals surface area contributed by atoms with Crippen molar-refractivity contribution >= 4 is 18.4 Å². The molecule has 0 saturated carbocycles. The van der Waals surface area contributed by atoms with E-state index in [0.29, 0.717) is 0 Å². The fourth-order valence-corrected chi connectivity index (χ4v) is 7.71. The summed E-state index contributed by atoms with van der Waals surface area (Å²) in [5, 5.41) is 12.2. The number of aliphatic hydroxyl groups is 1. The predicted molar refractivity (Wildman–Crippen MR) is 173 cm³/mol. The van der Waals surface area contributed by atoms with Crippen LogP contribution in [0.5, 0.6) is 0 Å². The lowest BCUT2D eigenvalue weighted by molar-refractivity contribution is 0.104. The van der Waals surface area contributed by atoms with Crippen LogP contribution in [0.25, 0.3) is 0 Å². The minimum atomic E-state index is -3.54. The van der Waals surface area contributed by atoms with E-state index in [-0.39, 0.29) is 35.0 Å². The summed E-state index contributed by atoms with van der Waals surface area (Å²) >= 11 is 0. The van der Waals surface area contributed by atoms with Crippen molar-refractivity contribution < 1.29 is 22.1 Å². The number of benzene rings is 1. The Kier molecular flexibility index (Phi) is 9.38. The van der Waals surface area contributed by atoms with Gasteiger partial charge in [-0.1, -0.05) is 84.9 Å². The number of pyridine rings is 1. The van der Waals surface area contributed by atoms with E-state index in [4.69, 9.17) is 13.6 Å². The highest BCUT2D eigenvalue weighted by atomic mass is 32.2. The highest BCUT2D eigenvalue weighted by Gasteiger charge is 2.45. The van der Waals surface area contributed by atoms with Crippen molar-refractivity contribution in [3.63, 3.8) is 0 Å². The molecule has 1 heterocycles. The number of allylic oxidation sites excluding steroid dienone is 2. The van der Waals surface area contributed by atoms with E-state index in [0.717, 1.165) is 60.0 Å². The van der Waals surface area contributed by atoms with Gasteiger partial charge in [-0.05, 0) is 71.8 Å². The van der Waals surface area contributed by atoms with Gasteiger partial charge in [0.2, 0.25) is 0 Å². The molecule has 42 heavy (non-hydrogen) atoms. The van der Waals surface area contributed by atoms with E-state index < -0.39 is 24.5 Å². The first-order chi connectivity index (χ1) is 19.3. The van der Waals surface area contributed by atoms with Crippen molar-refractivity contribution in [1.29, 1.82) is 0 Å². The molecule has 2 aliphatic carbocycles. The number of nitrogens with zero attached hydrogens (tertiary/aromatic N) is 1. The summed E-state index contributed by atoms with van der Waals surface area (Å²) in [7, 11) is -5.66. The second kappa shape index (κ2) is 11.9. The maximum atomic E-state index is 12.1. The van der Waals surface area contributed by atoms with Gasteiger partial charge in [0.1, 0.15) is 6.10 Å². The summed E-state index contributed by atoms with van der Waals surface area (Å²) in [5.41, 5.74) is 6.91. The molecule has 232 valence electrons. The standard InChI is InChI=1S/C34H51NO5SSi/c1-22(2)31-30(32(36)25-17-15-23(16-18-25)21-39-41(8,37)38)28(24-13-11-12-14-24)29-26(35-31)19-34(6,7)20-27(29)40-42(9,10)33(3,4)5/h11,13,15-18,22,24,27,32,36H,12,14,19-21H2,1-10H3/t24?,27?,32-/m1/s1. The topological polar surface area (TPSA) is 85.7 Å². The first-order valence-electron chi connectivity index (χ1n) is 15.3. The fraction of sp³-hybridized carbons (Fsp3) is 0.618. The molecule has 2 aromatic rings. The quantitative estimate of drug-likeness (QED) is 0.174. The van der Waals surface area contributed by atoms with Gasteiger partial charge in [-0.15, -0.1) is 0 Å². The summed E-state index contributed by atoms with van der Waals surface area (Å²) in [5.74, 6) is 0.314. The number of rotatable bonds is 9. The number of aromatic nitrogens is 1. The molecule has 2 aliphatic rings. The largest absolute Gasteiger partial charge is 0.410 e. The average molecular weight is 614 g/mol. The molecule has 1 aromatic carbocycles. The van der Waals surface area contributed by atoms with Crippen molar-refractivity contribution in [3.8, 4) is 0 Å². The van der Waals surface area contributed by atoms with Gasteiger partial charge in [0.15, 0.2) is 8.32 Å². The zero-order valence-electron chi connectivity index (χ0n) is 27.2. The third-order valence-corrected chi connectivity index (χ3v) is 14.3. The van der Waals surface area contributed by atoms with Crippen molar-refractivity contribution in [2.45, 2.75) is 123 Å². The maximum Gasteiger partial charge on any atom is 0.264 e. The average Bonchev–Trinajstić information content (AvgIpc) is 3.39. The Hall–Kier alpha value is -1.84. The molecule has 0 fully saturated rings. The molecule has 0 saturated heterocycles. The molecule has 0 spiro atoms. The lowest BCUT2D eigenvalue weighted by Crippen LogP contribution is -2.44. The van der Waals surface area contributed by atoms with Gasteiger partial charge in [-0.25, -0.2) is 0 Å². The molecule has 0 bridgehead atoms. The van der Waals surface area contributed by atoms with Gasteiger partial charge in [0.05, 0.1) is 19.0 Å². The van der Waals surface area contributed by atoms with Crippen LogP contribution >= 0.6 is 0 Å². The van der Waals surface area contributed by atoms with Gasteiger partial charge in [-0.2, -0.15) is 8.42 Å². The minimum absolute atomic E-state index is 0.0345. The molecular formula is C34H51NO5SSi. The van der Waals surface area contributed by atoms with Gasteiger partial charge in [0, 0.05) is 28.4 Å². The van der Waals surface area contributed by atoms with Crippen LogP contribution in [-0.2, 0) is 31.8 Å². The third-order valence-electron chi connectivity index (χ3n) is 9.31. The Bertz CT molecular complexity index is 1420. The Labute approximate surface area is 255 Å². The molecule has 0 aliphatic heterocycles. The zero-order chi connectivity index (χ0) is 31.3. The maximum absolute atomic E-state index is 12.1. The first kappa shape index (κ1) is 33.1. The van der Waals surface area contributed by atoms with E-state index in [2.05, 4.69) is 73.7 Å². The van der Waals surface area contributed by atoms with Crippen LogP contribution in [0.3, 0.4) is 0 Å². The summed E-state index contributed by atoms with van der Waals surface area (Å²) in [6, 6.07) is 7.39. The molecule has 8 heteroatoms. The summed E-state index contributed by atoms with van der Waals surface area (Å²) < 4.78 is 35.2. The SMILES string of the molecule is CC(C)c1nc2c(c(C3C=CCC3)c1[C@H](O)c1ccc(COS(C)(=O)=O)cc1)C(O[Si](C)(C)C(C)(C)C)CC(C)(C)C2. The molecule has 0 amide bonds. The molecule has 1 aromatic heterocycles. The number of aliphatic hydroxyl groups excluding tert-OH is 1. The second-order valence-corrected chi connectivity index (χ2v) is 21.4. The highest BCUT2D eigenvalue weighted by molar-refractivity contribution is 7.85. The van der Waals surface area contributed by atoms with E-state index in [1.54, 1.807) is 0 Å². The zero-order valence-corrected chi connectivity index (χ0v) is 29.1. The molecule has 0 radical (unpaired) electrons. The number of hydrogen-bond acceptors (Lipinski definition) is 6. The molecular weight excluding hydrogens is 563 g/mol.